The van der Waals surface area contributed by atoms with Crippen LogP contribution in [0.2, 0.25) is 0 Å². The molecule has 0 amide bonds. The third-order valence-corrected chi connectivity index (χ3v) is 4.97. The van der Waals surface area contributed by atoms with E-state index in [9.17, 15) is 0 Å². The van der Waals surface area contributed by atoms with Crippen molar-refractivity contribution in [3.63, 3.8) is 0 Å². The lowest BCUT2D eigenvalue weighted by Gasteiger charge is -2.10. The molecule has 0 aliphatic heterocycles. The zero-order valence-corrected chi connectivity index (χ0v) is 18.9. The Morgan fingerprint density at radius 3 is 2.32 bits per heavy atom. The molecule has 2 aromatic heterocycles. The first kappa shape index (κ1) is 20.7. The number of rotatable bonds is 6. The van der Waals surface area contributed by atoms with E-state index in [0.29, 0.717) is 17.8 Å². The number of nitrogens with zero attached hydrogens (tertiary/aromatic N) is 6. The van der Waals surface area contributed by atoms with Crippen molar-refractivity contribution in [3.8, 4) is 5.95 Å². The number of aromatic nitrogens is 5. The van der Waals surface area contributed by atoms with E-state index >= 15 is 0 Å². The van der Waals surface area contributed by atoms with Crippen molar-refractivity contribution >= 4 is 39.2 Å². The van der Waals surface area contributed by atoms with Crippen LogP contribution in [0.15, 0.2) is 70.2 Å². The van der Waals surface area contributed by atoms with Gasteiger partial charge in [-0.05, 0) is 56.7 Å². The number of nitrogens with one attached hydrogen (secondary N) is 2. The smallest absolute Gasteiger partial charge is 0.257 e. The molecule has 0 unspecified atom stereocenters. The number of anilines is 3. The quantitative estimate of drug-likeness (QED) is 0.299. The van der Waals surface area contributed by atoms with Gasteiger partial charge in [0.25, 0.3) is 5.95 Å². The monoisotopic (exact) mass is 476 g/mol. The fourth-order valence-electron chi connectivity index (χ4n) is 2.94. The highest BCUT2D eigenvalue weighted by molar-refractivity contribution is 9.10. The largest absolute Gasteiger partial charge is 0.324 e. The van der Waals surface area contributed by atoms with Crippen molar-refractivity contribution in [3.05, 3.63) is 82.1 Å². The SMILES string of the molecule is CC(=NNc1nc(Nc2ccccc2)nc(-n2nc(C)cc2C)n1)c1ccc(Br)cc1. The number of hydrogen-bond donors (Lipinski definition) is 2. The molecule has 2 aromatic carbocycles. The molecule has 0 aliphatic carbocycles. The molecule has 4 rings (SSSR count). The van der Waals surface area contributed by atoms with Crippen molar-refractivity contribution in [1.29, 1.82) is 0 Å². The van der Waals surface area contributed by atoms with Gasteiger partial charge in [-0.15, -0.1) is 0 Å². The standard InChI is InChI=1S/C22H21BrN8/c1-14-13-15(2)31(30-14)22-26-20(24-19-7-5-4-6-8-19)25-21(27-22)29-28-16(3)17-9-11-18(23)12-10-17/h4-13H,1-3H3,(H2,24,25,26,27,29). The Kier molecular flexibility index (Phi) is 6.03. The molecule has 0 bridgehead atoms. The number of hydrogen-bond acceptors (Lipinski definition) is 7. The van der Waals surface area contributed by atoms with E-state index in [1.165, 1.54) is 0 Å². The predicted octanol–water partition coefficient (Wildman–Crippen LogP) is 5.02. The molecule has 4 aromatic rings. The first-order valence-electron chi connectivity index (χ1n) is 9.66. The topological polar surface area (TPSA) is 92.9 Å². The van der Waals surface area contributed by atoms with E-state index in [4.69, 9.17) is 0 Å². The molecule has 2 N–H and O–H groups in total. The molecule has 8 nitrogen and oxygen atoms in total. The second-order valence-electron chi connectivity index (χ2n) is 6.93. The normalized spacial score (nSPS) is 11.4. The second kappa shape index (κ2) is 9.05. The molecule has 31 heavy (non-hydrogen) atoms. The lowest BCUT2D eigenvalue weighted by atomic mass is 10.1. The molecule has 0 atom stereocenters. The van der Waals surface area contributed by atoms with Crippen molar-refractivity contribution in [2.24, 2.45) is 5.10 Å². The molecule has 0 radical (unpaired) electrons. The van der Waals surface area contributed by atoms with Gasteiger partial charge in [-0.25, -0.2) is 10.1 Å². The van der Waals surface area contributed by atoms with E-state index in [0.717, 1.165) is 32.8 Å². The summed E-state index contributed by atoms with van der Waals surface area (Å²) in [6.45, 7) is 5.80. The summed E-state index contributed by atoms with van der Waals surface area (Å²) < 4.78 is 2.70. The van der Waals surface area contributed by atoms with Gasteiger partial charge < -0.3 is 5.32 Å². The van der Waals surface area contributed by atoms with Gasteiger partial charge in [0.1, 0.15) is 0 Å². The maximum Gasteiger partial charge on any atom is 0.257 e. The Bertz CT molecular complexity index is 1220. The van der Waals surface area contributed by atoms with E-state index < -0.39 is 0 Å². The number of aryl methyl sites for hydroxylation is 2. The molecule has 9 heteroatoms. The number of hydrazone groups is 1. The van der Waals surface area contributed by atoms with Crippen LogP contribution in [0.4, 0.5) is 17.6 Å². The first-order chi connectivity index (χ1) is 15.0. The van der Waals surface area contributed by atoms with E-state index in [-0.39, 0.29) is 0 Å². The highest BCUT2D eigenvalue weighted by atomic mass is 79.9. The third kappa shape index (κ3) is 5.13. The number of benzene rings is 2. The first-order valence-corrected chi connectivity index (χ1v) is 10.5. The van der Waals surface area contributed by atoms with Gasteiger partial charge in [-0.1, -0.05) is 46.3 Å². The van der Waals surface area contributed by atoms with E-state index in [1.807, 2.05) is 81.4 Å². The summed E-state index contributed by atoms with van der Waals surface area (Å²) in [5.41, 5.74) is 7.43. The fraction of sp³-hybridized carbons (Fsp3) is 0.136. The number of halogens is 1. The molecular formula is C22H21BrN8. The van der Waals surface area contributed by atoms with Crippen molar-refractivity contribution < 1.29 is 0 Å². The summed E-state index contributed by atoms with van der Waals surface area (Å²) in [6, 6.07) is 19.6. The van der Waals surface area contributed by atoms with Gasteiger partial charge >= 0.3 is 0 Å². The zero-order valence-electron chi connectivity index (χ0n) is 17.3. The van der Waals surface area contributed by atoms with Crippen LogP contribution in [0.1, 0.15) is 23.9 Å². The van der Waals surface area contributed by atoms with Gasteiger partial charge in [0.2, 0.25) is 11.9 Å². The fourth-order valence-corrected chi connectivity index (χ4v) is 3.20. The molecule has 0 fully saturated rings. The van der Waals surface area contributed by atoms with E-state index in [1.54, 1.807) is 4.68 Å². The Morgan fingerprint density at radius 1 is 0.935 bits per heavy atom. The maximum atomic E-state index is 4.54. The molecule has 156 valence electrons. The van der Waals surface area contributed by atoms with Crippen LogP contribution in [0.25, 0.3) is 5.95 Å². The summed E-state index contributed by atoms with van der Waals surface area (Å²) in [7, 11) is 0. The Labute approximate surface area is 188 Å². The Balaban J connectivity index is 1.67. The minimum atomic E-state index is 0.312. The van der Waals surface area contributed by atoms with E-state index in [2.05, 4.69) is 51.8 Å². The highest BCUT2D eigenvalue weighted by Crippen LogP contribution is 2.17. The molecule has 0 spiro atoms. The number of para-hydroxylation sites is 1. The molecule has 0 aliphatic rings. The lowest BCUT2D eigenvalue weighted by molar-refractivity contribution is 0.767. The van der Waals surface area contributed by atoms with Crippen LogP contribution in [-0.4, -0.2) is 30.4 Å². The average Bonchev–Trinajstić information content (AvgIpc) is 3.11. The summed E-state index contributed by atoms with van der Waals surface area (Å²) in [4.78, 5) is 13.5. The summed E-state index contributed by atoms with van der Waals surface area (Å²) in [5.74, 6) is 1.10. The van der Waals surface area contributed by atoms with Crippen LogP contribution in [0.5, 0.6) is 0 Å². The zero-order chi connectivity index (χ0) is 21.8. The van der Waals surface area contributed by atoms with Gasteiger partial charge in [-0.3, -0.25) is 0 Å². The lowest BCUT2D eigenvalue weighted by Crippen LogP contribution is -2.11. The molecule has 0 saturated heterocycles. The summed E-state index contributed by atoms with van der Waals surface area (Å²) >= 11 is 3.45. The Hall–Kier alpha value is -3.59. The molecule has 2 heterocycles. The minimum absolute atomic E-state index is 0.312. The van der Waals surface area contributed by atoms with Crippen molar-refractivity contribution in [2.75, 3.05) is 10.7 Å². The minimum Gasteiger partial charge on any atom is -0.324 e. The van der Waals surface area contributed by atoms with Crippen molar-refractivity contribution in [2.45, 2.75) is 20.8 Å². The molecular weight excluding hydrogens is 456 g/mol. The molecule has 0 saturated carbocycles. The third-order valence-electron chi connectivity index (χ3n) is 4.44. The highest BCUT2D eigenvalue weighted by Gasteiger charge is 2.12. The van der Waals surface area contributed by atoms with Crippen LogP contribution in [0.3, 0.4) is 0 Å². The van der Waals surface area contributed by atoms with Gasteiger partial charge in [-0.2, -0.15) is 25.2 Å². The van der Waals surface area contributed by atoms with Crippen LogP contribution in [-0.2, 0) is 0 Å². The van der Waals surface area contributed by atoms with Gasteiger partial charge in [0.05, 0.1) is 11.4 Å². The summed E-state index contributed by atoms with van der Waals surface area (Å²) in [5, 5.41) is 12.1. The van der Waals surface area contributed by atoms with Crippen molar-refractivity contribution in [1.82, 2.24) is 24.7 Å². The van der Waals surface area contributed by atoms with Gasteiger partial charge in [0, 0.05) is 15.9 Å². The Morgan fingerprint density at radius 2 is 1.65 bits per heavy atom. The van der Waals surface area contributed by atoms with Crippen LogP contribution < -0.4 is 10.7 Å². The summed E-state index contributed by atoms with van der Waals surface area (Å²) in [6.07, 6.45) is 0. The second-order valence-corrected chi connectivity index (χ2v) is 7.84. The predicted molar refractivity (Wildman–Crippen MR) is 126 cm³/mol. The van der Waals surface area contributed by atoms with Crippen LogP contribution in [0, 0.1) is 13.8 Å². The maximum absolute atomic E-state index is 4.54. The van der Waals surface area contributed by atoms with Gasteiger partial charge in [0.15, 0.2) is 0 Å². The van der Waals surface area contributed by atoms with Crippen LogP contribution >= 0.6 is 15.9 Å². The average molecular weight is 477 g/mol.